The molecular formula is C7H10N2O5. The average Bonchev–Trinajstić information content (AvgIpc) is 2.47. The van der Waals surface area contributed by atoms with Crippen LogP contribution >= 0.6 is 0 Å². The van der Waals surface area contributed by atoms with Crippen LogP contribution in [-0.2, 0) is 17.8 Å². The number of fused-ring (bicyclic) bond motifs is 1. The summed E-state index contributed by atoms with van der Waals surface area (Å²) in [6, 6.07) is -0.675. The number of hydrogen-bond acceptors (Lipinski definition) is 4. The van der Waals surface area contributed by atoms with E-state index in [-0.39, 0.29) is 17.5 Å². The van der Waals surface area contributed by atoms with Gasteiger partial charge in [-0.25, -0.2) is 0 Å². The fourth-order valence-electron chi connectivity index (χ4n) is 1.46. The average molecular weight is 202 g/mol. The summed E-state index contributed by atoms with van der Waals surface area (Å²) in [6.45, 7) is 0.368. The van der Waals surface area contributed by atoms with Gasteiger partial charge in [0.1, 0.15) is 12.6 Å². The molecule has 0 aromatic carbocycles. The molecule has 2 heterocycles. The molecule has 0 spiro atoms. The normalized spacial score (nSPS) is 19.6. The van der Waals surface area contributed by atoms with Crippen molar-refractivity contribution in [3.05, 3.63) is 21.7 Å². The predicted molar refractivity (Wildman–Crippen MR) is 41.1 cm³/mol. The Morgan fingerprint density at radius 1 is 1.64 bits per heavy atom. The molecule has 78 valence electrons. The van der Waals surface area contributed by atoms with Crippen molar-refractivity contribution in [1.29, 1.82) is 0 Å². The molecule has 0 aliphatic carbocycles. The number of nitrogens with two attached hydrogens (primary N) is 1. The van der Waals surface area contributed by atoms with Gasteiger partial charge in [-0.3, -0.25) is 4.79 Å². The van der Waals surface area contributed by atoms with Crippen molar-refractivity contribution in [1.82, 2.24) is 5.16 Å². The number of rotatable bonds is 1. The van der Waals surface area contributed by atoms with Gasteiger partial charge in [-0.1, -0.05) is 0 Å². The van der Waals surface area contributed by atoms with E-state index in [1.54, 1.807) is 5.32 Å². The molecule has 1 aromatic rings. The van der Waals surface area contributed by atoms with E-state index in [9.17, 15) is 14.7 Å². The third-order valence-electron chi connectivity index (χ3n) is 2.19. The minimum absolute atomic E-state index is 0. The first-order valence-corrected chi connectivity index (χ1v) is 3.92. The number of aliphatic carboxylic acids is 1. The quantitative estimate of drug-likeness (QED) is 0.478. The summed E-state index contributed by atoms with van der Waals surface area (Å²) in [6.07, 6.45) is 0.170. The van der Waals surface area contributed by atoms with Gasteiger partial charge in [0.05, 0.1) is 11.5 Å². The molecule has 7 nitrogen and oxygen atoms in total. The molecule has 1 aliphatic heterocycles. The van der Waals surface area contributed by atoms with Crippen LogP contribution in [0.4, 0.5) is 0 Å². The number of hydrogen-bond donors (Lipinski definition) is 2. The van der Waals surface area contributed by atoms with E-state index in [0.717, 1.165) is 0 Å². The van der Waals surface area contributed by atoms with Crippen molar-refractivity contribution in [2.24, 2.45) is 0 Å². The number of carbonyl (C=O) groups is 1. The summed E-state index contributed by atoms with van der Waals surface area (Å²) in [4.78, 5) is 21.6. The lowest BCUT2D eigenvalue weighted by Gasteiger charge is -2.18. The maximum atomic E-state index is 11.1. The van der Waals surface area contributed by atoms with Gasteiger partial charge in [-0.05, 0) is 0 Å². The first kappa shape index (κ1) is 10.5. The van der Waals surface area contributed by atoms with Crippen LogP contribution in [0.3, 0.4) is 0 Å². The SMILES string of the molecule is O.O=C([O-])[C@@H]1Cc2c(o[nH]c2=O)C[NH2+]1. The van der Waals surface area contributed by atoms with Gasteiger partial charge in [0.15, 0.2) is 5.76 Å². The van der Waals surface area contributed by atoms with E-state index >= 15 is 0 Å². The minimum Gasteiger partial charge on any atom is -0.544 e. The van der Waals surface area contributed by atoms with Crippen molar-refractivity contribution in [2.75, 3.05) is 0 Å². The van der Waals surface area contributed by atoms with Crippen LogP contribution < -0.4 is 16.0 Å². The summed E-state index contributed by atoms with van der Waals surface area (Å²) < 4.78 is 4.83. The lowest BCUT2D eigenvalue weighted by Crippen LogP contribution is -2.93. The van der Waals surface area contributed by atoms with Crippen molar-refractivity contribution in [3.8, 4) is 0 Å². The van der Waals surface area contributed by atoms with Crippen molar-refractivity contribution < 1.29 is 25.2 Å². The van der Waals surface area contributed by atoms with Gasteiger partial charge in [0.2, 0.25) is 0 Å². The topological polar surface area (TPSA) is 134 Å². The van der Waals surface area contributed by atoms with Crippen LogP contribution in [0.1, 0.15) is 11.3 Å². The molecule has 1 aromatic heterocycles. The van der Waals surface area contributed by atoms with Crippen LogP contribution in [0, 0.1) is 0 Å². The molecule has 0 unspecified atom stereocenters. The highest BCUT2D eigenvalue weighted by atomic mass is 16.5. The summed E-state index contributed by atoms with van der Waals surface area (Å²) in [5, 5.41) is 14.3. The summed E-state index contributed by atoms with van der Waals surface area (Å²) in [5.74, 6) is -0.617. The Labute approximate surface area is 78.0 Å². The number of nitrogens with one attached hydrogen (secondary N) is 1. The first-order chi connectivity index (χ1) is 6.18. The highest BCUT2D eigenvalue weighted by Crippen LogP contribution is 2.06. The van der Waals surface area contributed by atoms with Gasteiger partial charge in [0.25, 0.3) is 5.56 Å². The molecule has 0 bridgehead atoms. The van der Waals surface area contributed by atoms with E-state index in [4.69, 9.17) is 4.52 Å². The van der Waals surface area contributed by atoms with E-state index in [2.05, 4.69) is 5.16 Å². The molecule has 0 fully saturated rings. The van der Waals surface area contributed by atoms with Crippen molar-refractivity contribution in [2.45, 2.75) is 19.0 Å². The third kappa shape index (κ3) is 1.54. The second-order valence-corrected chi connectivity index (χ2v) is 3.00. The van der Waals surface area contributed by atoms with Crippen LogP contribution in [0.25, 0.3) is 0 Å². The highest BCUT2D eigenvalue weighted by molar-refractivity contribution is 5.70. The van der Waals surface area contributed by atoms with Crippen LogP contribution in [0.15, 0.2) is 9.32 Å². The second kappa shape index (κ2) is 3.64. The maximum Gasteiger partial charge on any atom is 0.283 e. The summed E-state index contributed by atoms with van der Waals surface area (Å²) in [7, 11) is 0. The molecule has 0 amide bonds. The molecule has 14 heavy (non-hydrogen) atoms. The van der Waals surface area contributed by atoms with Crippen LogP contribution in [0.2, 0.25) is 0 Å². The van der Waals surface area contributed by atoms with Crippen molar-refractivity contribution in [3.63, 3.8) is 0 Å². The van der Waals surface area contributed by atoms with Crippen LogP contribution in [0.5, 0.6) is 0 Å². The Kier molecular flexibility index (Phi) is 2.73. The fourth-order valence-corrected chi connectivity index (χ4v) is 1.46. The van der Waals surface area contributed by atoms with E-state index in [1.165, 1.54) is 0 Å². The Hall–Kier alpha value is -1.60. The Morgan fingerprint density at radius 3 is 3.00 bits per heavy atom. The largest absolute Gasteiger partial charge is 0.544 e. The predicted octanol–water partition coefficient (Wildman–Crippen LogP) is -4.12. The number of carboxylic acid groups (broad SMARTS) is 1. The van der Waals surface area contributed by atoms with Gasteiger partial charge in [-0.15, -0.1) is 0 Å². The molecular weight excluding hydrogens is 192 g/mol. The third-order valence-corrected chi connectivity index (χ3v) is 2.19. The number of carboxylic acids is 1. The zero-order valence-electron chi connectivity index (χ0n) is 7.20. The van der Waals surface area contributed by atoms with Gasteiger partial charge < -0.3 is 25.2 Å². The summed E-state index contributed by atoms with van der Waals surface area (Å²) >= 11 is 0. The standard InChI is InChI=1S/C7H8N2O4.H2O/c10-6-3-1-4(7(11)12)8-2-5(3)13-9-6;/h4,8H,1-2H2,(H,9,10)(H,11,12);1H2/t4-;/m0./s1. The maximum absolute atomic E-state index is 11.1. The Balaban J connectivity index is 0.000000980. The lowest BCUT2D eigenvalue weighted by atomic mass is 10.0. The number of carbonyl (C=O) groups excluding carboxylic acids is 1. The van der Waals surface area contributed by atoms with Crippen LogP contribution in [-0.4, -0.2) is 22.6 Å². The number of quaternary nitrogens is 1. The molecule has 0 saturated carbocycles. The second-order valence-electron chi connectivity index (χ2n) is 3.00. The number of H-pyrrole nitrogens is 1. The molecule has 0 saturated heterocycles. The Bertz CT molecular complexity index is 393. The zero-order valence-corrected chi connectivity index (χ0v) is 7.20. The van der Waals surface area contributed by atoms with E-state index < -0.39 is 12.0 Å². The highest BCUT2D eigenvalue weighted by Gasteiger charge is 2.27. The number of aromatic nitrogens is 1. The number of aromatic amines is 1. The van der Waals surface area contributed by atoms with E-state index in [1.807, 2.05) is 0 Å². The molecule has 2 rings (SSSR count). The first-order valence-electron chi connectivity index (χ1n) is 3.92. The molecule has 1 aliphatic rings. The molecule has 0 radical (unpaired) electrons. The van der Waals surface area contributed by atoms with E-state index in [0.29, 0.717) is 17.9 Å². The Morgan fingerprint density at radius 2 is 2.36 bits per heavy atom. The molecule has 1 atom stereocenters. The van der Waals surface area contributed by atoms with Crippen molar-refractivity contribution >= 4 is 5.97 Å². The van der Waals surface area contributed by atoms with Gasteiger partial charge >= 0.3 is 0 Å². The lowest BCUT2D eigenvalue weighted by molar-refractivity contribution is -0.703. The molecule has 5 N–H and O–H groups in total. The monoisotopic (exact) mass is 202 g/mol. The fraction of sp³-hybridized carbons (Fsp3) is 0.429. The van der Waals surface area contributed by atoms with Gasteiger partial charge in [0, 0.05) is 6.42 Å². The molecule has 7 heteroatoms. The summed E-state index contributed by atoms with van der Waals surface area (Å²) in [5.41, 5.74) is 0.0889. The van der Waals surface area contributed by atoms with Gasteiger partial charge in [-0.2, -0.15) is 5.16 Å². The smallest absolute Gasteiger partial charge is 0.283 e. The minimum atomic E-state index is -1.15. The zero-order chi connectivity index (χ0) is 9.42.